The summed E-state index contributed by atoms with van der Waals surface area (Å²) in [6, 6.07) is 7.18. The largest absolute Gasteiger partial charge is 0.316 e. The van der Waals surface area contributed by atoms with Gasteiger partial charge in [0.15, 0.2) is 0 Å². The van der Waals surface area contributed by atoms with Gasteiger partial charge in [-0.05, 0) is 41.5 Å². The van der Waals surface area contributed by atoms with Crippen LogP contribution in [0.5, 0.6) is 0 Å². The lowest BCUT2D eigenvalue weighted by Gasteiger charge is -2.17. The predicted molar refractivity (Wildman–Crippen MR) is 70.4 cm³/mol. The molecule has 4 nitrogen and oxygen atoms in total. The molecule has 0 bridgehead atoms. The number of likely N-dealkylation sites (N-methyl/N-ethyl adjacent to an activating group) is 1. The molecule has 17 heavy (non-hydrogen) atoms. The smallest absolute Gasteiger partial charge is 0.244 e. The van der Waals surface area contributed by atoms with Gasteiger partial charge >= 0.3 is 0 Å². The molecule has 0 amide bonds. The van der Waals surface area contributed by atoms with Crippen molar-refractivity contribution in [2.75, 3.05) is 20.1 Å². The minimum absolute atomic E-state index is 0.257. The lowest BCUT2D eigenvalue weighted by atomic mass is 10.3. The molecule has 2 rings (SSSR count). The summed E-state index contributed by atoms with van der Waals surface area (Å²) in [6.45, 7) is 1.12. The lowest BCUT2D eigenvalue weighted by molar-refractivity contribution is 0.464. The van der Waals surface area contributed by atoms with Crippen LogP contribution in [0, 0.1) is 0 Å². The fraction of sp³-hybridized carbons (Fsp3) is 0.455. The molecule has 1 N–H and O–H groups in total. The summed E-state index contributed by atoms with van der Waals surface area (Å²) in [5.41, 5.74) is 0. The molecule has 0 aliphatic carbocycles. The van der Waals surface area contributed by atoms with Gasteiger partial charge in [0.05, 0.1) is 4.90 Å². The van der Waals surface area contributed by atoms with Crippen molar-refractivity contribution in [1.29, 1.82) is 0 Å². The Kier molecular flexibility index (Phi) is 3.87. The number of nitrogens with zero attached hydrogens (tertiary/aromatic N) is 1. The maximum atomic E-state index is 12.4. The van der Waals surface area contributed by atoms with Crippen LogP contribution in [0.1, 0.15) is 6.42 Å². The average Bonchev–Trinajstić information content (AvgIpc) is 2.78. The maximum Gasteiger partial charge on any atom is 0.244 e. The molecular formula is C11H15BrN2O2S. The van der Waals surface area contributed by atoms with Gasteiger partial charge in [-0.2, -0.15) is 4.31 Å². The van der Waals surface area contributed by atoms with Crippen LogP contribution in [-0.2, 0) is 10.0 Å². The topological polar surface area (TPSA) is 49.4 Å². The van der Waals surface area contributed by atoms with Gasteiger partial charge in [-0.15, -0.1) is 0 Å². The van der Waals surface area contributed by atoms with Gasteiger partial charge in [0.2, 0.25) is 10.0 Å². The molecule has 94 valence electrons. The minimum Gasteiger partial charge on any atom is -0.316 e. The first kappa shape index (κ1) is 13.0. The Morgan fingerprint density at radius 3 is 2.71 bits per heavy atom. The molecule has 1 aromatic carbocycles. The zero-order valence-electron chi connectivity index (χ0n) is 9.56. The highest BCUT2D eigenvalue weighted by Crippen LogP contribution is 2.26. The van der Waals surface area contributed by atoms with Crippen molar-refractivity contribution in [2.45, 2.75) is 17.4 Å². The molecule has 1 aliphatic rings. The van der Waals surface area contributed by atoms with E-state index in [1.54, 1.807) is 18.2 Å². The highest BCUT2D eigenvalue weighted by Gasteiger charge is 2.32. The van der Waals surface area contributed by atoms with E-state index in [2.05, 4.69) is 21.2 Å². The standard InChI is InChI=1S/C11H15BrN2O2S/c1-13-9-6-7-14(8-9)17(15,16)11-5-3-2-4-10(11)12/h2-5,9,13H,6-8H2,1H3. The van der Waals surface area contributed by atoms with E-state index in [0.29, 0.717) is 22.5 Å². The van der Waals surface area contributed by atoms with E-state index in [4.69, 9.17) is 0 Å². The zero-order valence-corrected chi connectivity index (χ0v) is 12.0. The number of benzene rings is 1. The molecule has 1 saturated heterocycles. The molecule has 1 atom stereocenters. The molecule has 6 heteroatoms. The molecule has 0 spiro atoms. The van der Waals surface area contributed by atoms with Crippen LogP contribution in [-0.4, -0.2) is 38.9 Å². The molecule has 1 fully saturated rings. The monoisotopic (exact) mass is 318 g/mol. The second kappa shape index (κ2) is 5.06. The molecular weight excluding hydrogens is 304 g/mol. The van der Waals surface area contributed by atoms with Crippen molar-refractivity contribution >= 4 is 26.0 Å². The SMILES string of the molecule is CNC1CCN(S(=O)(=O)c2ccccc2Br)C1. The molecule has 1 aliphatic heterocycles. The van der Waals surface area contributed by atoms with Gasteiger partial charge in [-0.1, -0.05) is 12.1 Å². The van der Waals surface area contributed by atoms with E-state index < -0.39 is 10.0 Å². The van der Waals surface area contributed by atoms with E-state index in [0.717, 1.165) is 6.42 Å². The Morgan fingerprint density at radius 2 is 2.12 bits per heavy atom. The molecule has 1 heterocycles. The molecule has 0 aromatic heterocycles. The van der Waals surface area contributed by atoms with Gasteiger partial charge < -0.3 is 5.32 Å². The quantitative estimate of drug-likeness (QED) is 0.917. The lowest BCUT2D eigenvalue weighted by Crippen LogP contribution is -2.33. The van der Waals surface area contributed by atoms with Crippen molar-refractivity contribution in [3.63, 3.8) is 0 Å². The van der Waals surface area contributed by atoms with Gasteiger partial charge in [0.1, 0.15) is 0 Å². The number of hydrogen-bond donors (Lipinski definition) is 1. The Hall–Kier alpha value is -0.430. The average molecular weight is 319 g/mol. The highest BCUT2D eigenvalue weighted by molar-refractivity contribution is 9.10. The fourth-order valence-electron chi connectivity index (χ4n) is 1.98. The van der Waals surface area contributed by atoms with Gasteiger partial charge in [-0.3, -0.25) is 0 Å². The Bertz CT molecular complexity index is 504. The second-order valence-electron chi connectivity index (χ2n) is 4.07. The zero-order chi connectivity index (χ0) is 12.5. The Balaban J connectivity index is 2.29. The highest BCUT2D eigenvalue weighted by atomic mass is 79.9. The summed E-state index contributed by atoms with van der Waals surface area (Å²) in [4.78, 5) is 0.344. The van der Waals surface area contributed by atoms with Crippen LogP contribution in [0.2, 0.25) is 0 Å². The summed E-state index contributed by atoms with van der Waals surface area (Å²) < 4.78 is 26.9. The Morgan fingerprint density at radius 1 is 1.41 bits per heavy atom. The first-order chi connectivity index (χ1) is 8.05. The van der Waals surface area contributed by atoms with Crippen LogP contribution in [0.4, 0.5) is 0 Å². The second-order valence-corrected chi connectivity index (χ2v) is 6.83. The van der Waals surface area contributed by atoms with Crippen molar-refractivity contribution in [3.8, 4) is 0 Å². The normalized spacial score (nSPS) is 21.9. The van der Waals surface area contributed by atoms with E-state index in [1.807, 2.05) is 13.1 Å². The van der Waals surface area contributed by atoms with Crippen molar-refractivity contribution in [3.05, 3.63) is 28.7 Å². The predicted octanol–water partition coefficient (Wildman–Crippen LogP) is 1.43. The third-order valence-electron chi connectivity index (χ3n) is 3.01. The van der Waals surface area contributed by atoms with E-state index in [-0.39, 0.29) is 6.04 Å². The van der Waals surface area contributed by atoms with Crippen LogP contribution >= 0.6 is 15.9 Å². The van der Waals surface area contributed by atoms with E-state index in [9.17, 15) is 8.42 Å². The summed E-state index contributed by atoms with van der Waals surface area (Å²) in [5, 5.41) is 3.11. The fourth-order valence-corrected chi connectivity index (χ4v) is 4.44. The van der Waals surface area contributed by atoms with E-state index >= 15 is 0 Å². The maximum absolute atomic E-state index is 12.4. The van der Waals surface area contributed by atoms with E-state index in [1.165, 1.54) is 4.31 Å². The first-order valence-corrected chi connectivity index (χ1v) is 7.71. The minimum atomic E-state index is -3.37. The van der Waals surface area contributed by atoms with Crippen LogP contribution in [0.15, 0.2) is 33.6 Å². The number of hydrogen-bond acceptors (Lipinski definition) is 3. The molecule has 0 radical (unpaired) electrons. The van der Waals surface area contributed by atoms with Gasteiger partial charge in [0.25, 0.3) is 0 Å². The third-order valence-corrected chi connectivity index (χ3v) is 5.89. The summed E-state index contributed by atoms with van der Waals surface area (Å²) in [5.74, 6) is 0. The van der Waals surface area contributed by atoms with Crippen molar-refractivity contribution in [1.82, 2.24) is 9.62 Å². The number of halogens is 1. The van der Waals surface area contributed by atoms with Crippen molar-refractivity contribution in [2.24, 2.45) is 0 Å². The first-order valence-electron chi connectivity index (χ1n) is 5.47. The third kappa shape index (κ3) is 2.54. The van der Waals surface area contributed by atoms with Crippen molar-refractivity contribution < 1.29 is 8.42 Å². The summed E-state index contributed by atoms with van der Waals surface area (Å²) >= 11 is 3.29. The number of rotatable bonds is 3. The summed E-state index contributed by atoms with van der Waals surface area (Å²) in [7, 11) is -1.51. The molecule has 1 unspecified atom stereocenters. The molecule has 1 aromatic rings. The van der Waals surface area contributed by atoms with Crippen LogP contribution in [0.25, 0.3) is 0 Å². The van der Waals surface area contributed by atoms with Crippen LogP contribution < -0.4 is 5.32 Å². The van der Waals surface area contributed by atoms with Crippen LogP contribution in [0.3, 0.4) is 0 Å². The molecule has 0 saturated carbocycles. The number of sulfonamides is 1. The Labute approximate surface area is 110 Å². The number of nitrogens with one attached hydrogen (secondary N) is 1. The van der Waals surface area contributed by atoms with Gasteiger partial charge in [0, 0.05) is 23.6 Å². The van der Waals surface area contributed by atoms with Gasteiger partial charge in [-0.25, -0.2) is 8.42 Å². The summed E-state index contributed by atoms with van der Waals surface area (Å²) in [6.07, 6.45) is 0.861.